The summed E-state index contributed by atoms with van der Waals surface area (Å²) >= 11 is 0. The van der Waals surface area contributed by atoms with Crippen LogP contribution in [0, 0.1) is 11.3 Å². The predicted octanol–water partition coefficient (Wildman–Crippen LogP) is 1.20. The number of rotatable bonds is 11. The molecule has 9 heteroatoms. The Labute approximate surface area is 166 Å². The van der Waals surface area contributed by atoms with Crippen molar-refractivity contribution in [1.82, 2.24) is 15.6 Å². The highest BCUT2D eigenvalue weighted by molar-refractivity contribution is 14.0. The molecular formula is C16H27IN6O2. The van der Waals surface area contributed by atoms with Crippen LogP contribution in [0.1, 0.15) is 12.0 Å². The Morgan fingerprint density at radius 1 is 1.24 bits per heavy atom. The van der Waals surface area contributed by atoms with E-state index in [0.717, 1.165) is 18.9 Å². The number of anilines is 1. The SMILES string of the molecule is CN=C(NCCCOCCOC)NCCNc1ncccc1C#N.I. The lowest BCUT2D eigenvalue weighted by molar-refractivity contribution is 0.0698. The third-order valence-electron chi connectivity index (χ3n) is 3.05. The normalized spacial score (nSPS) is 10.5. The van der Waals surface area contributed by atoms with E-state index in [1.165, 1.54) is 0 Å². The molecule has 140 valence electrons. The molecule has 0 aliphatic heterocycles. The Morgan fingerprint density at radius 3 is 2.76 bits per heavy atom. The van der Waals surface area contributed by atoms with E-state index in [1.807, 2.05) is 0 Å². The van der Waals surface area contributed by atoms with Gasteiger partial charge in [-0.05, 0) is 18.6 Å². The zero-order valence-corrected chi connectivity index (χ0v) is 17.1. The summed E-state index contributed by atoms with van der Waals surface area (Å²) in [5.41, 5.74) is 0.536. The Bertz CT molecular complexity index is 536. The van der Waals surface area contributed by atoms with Crippen LogP contribution in [-0.4, -0.2) is 64.6 Å². The van der Waals surface area contributed by atoms with E-state index in [0.29, 0.717) is 44.3 Å². The number of ether oxygens (including phenoxy) is 2. The van der Waals surface area contributed by atoms with Crippen LogP contribution in [0.5, 0.6) is 0 Å². The topological polar surface area (TPSA) is 104 Å². The Balaban J connectivity index is 0.00000576. The summed E-state index contributed by atoms with van der Waals surface area (Å²) in [7, 11) is 3.38. The zero-order valence-electron chi connectivity index (χ0n) is 14.7. The molecule has 0 fully saturated rings. The van der Waals surface area contributed by atoms with Gasteiger partial charge in [-0.1, -0.05) is 0 Å². The van der Waals surface area contributed by atoms with Gasteiger partial charge in [0.2, 0.25) is 0 Å². The van der Waals surface area contributed by atoms with Gasteiger partial charge in [-0.2, -0.15) is 5.26 Å². The van der Waals surface area contributed by atoms with Crippen molar-refractivity contribution < 1.29 is 9.47 Å². The number of hydrogen-bond acceptors (Lipinski definition) is 6. The fraction of sp³-hybridized carbons (Fsp3) is 0.562. The van der Waals surface area contributed by atoms with Gasteiger partial charge < -0.3 is 25.4 Å². The van der Waals surface area contributed by atoms with E-state index >= 15 is 0 Å². The largest absolute Gasteiger partial charge is 0.382 e. The highest BCUT2D eigenvalue weighted by Crippen LogP contribution is 2.08. The zero-order chi connectivity index (χ0) is 17.5. The number of pyridine rings is 1. The molecule has 0 spiro atoms. The average Bonchev–Trinajstić information content (AvgIpc) is 2.63. The summed E-state index contributed by atoms with van der Waals surface area (Å²) in [5, 5.41) is 18.5. The van der Waals surface area contributed by atoms with Crippen molar-refractivity contribution in [2.75, 3.05) is 58.9 Å². The smallest absolute Gasteiger partial charge is 0.191 e. The van der Waals surface area contributed by atoms with Crippen molar-refractivity contribution in [3.8, 4) is 6.07 Å². The van der Waals surface area contributed by atoms with Gasteiger partial charge in [0.15, 0.2) is 5.96 Å². The van der Waals surface area contributed by atoms with Crippen molar-refractivity contribution in [2.24, 2.45) is 4.99 Å². The van der Waals surface area contributed by atoms with Crippen LogP contribution in [0.3, 0.4) is 0 Å². The Kier molecular flexibility index (Phi) is 14.8. The number of nitrogens with one attached hydrogen (secondary N) is 3. The first-order valence-corrected chi connectivity index (χ1v) is 7.92. The van der Waals surface area contributed by atoms with Crippen molar-refractivity contribution in [2.45, 2.75) is 6.42 Å². The van der Waals surface area contributed by atoms with Crippen LogP contribution in [0.4, 0.5) is 5.82 Å². The molecule has 0 radical (unpaired) electrons. The molecule has 1 heterocycles. The first-order valence-electron chi connectivity index (χ1n) is 7.92. The third-order valence-corrected chi connectivity index (χ3v) is 3.05. The van der Waals surface area contributed by atoms with E-state index in [1.54, 1.807) is 32.5 Å². The van der Waals surface area contributed by atoms with Crippen molar-refractivity contribution in [3.05, 3.63) is 23.9 Å². The molecule has 1 aromatic heterocycles. The summed E-state index contributed by atoms with van der Waals surface area (Å²) in [6, 6.07) is 5.58. The van der Waals surface area contributed by atoms with Crippen LogP contribution in [-0.2, 0) is 9.47 Å². The van der Waals surface area contributed by atoms with Crippen molar-refractivity contribution in [3.63, 3.8) is 0 Å². The molecule has 0 saturated carbocycles. The molecule has 1 aromatic rings. The van der Waals surface area contributed by atoms with E-state index in [2.05, 4.69) is 32.0 Å². The number of methoxy groups -OCH3 is 1. The van der Waals surface area contributed by atoms with E-state index in [4.69, 9.17) is 14.7 Å². The monoisotopic (exact) mass is 462 g/mol. The fourth-order valence-corrected chi connectivity index (χ4v) is 1.84. The number of nitrogens with zero attached hydrogens (tertiary/aromatic N) is 3. The Morgan fingerprint density at radius 2 is 2.04 bits per heavy atom. The van der Waals surface area contributed by atoms with Gasteiger partial charge in [0.25, 0.3) is 0 Å². The highest BCUT2D eigenvalue weighted by atomic mass is 127. The van der Waals surface area contributed by atoms with E-state index < -0.39 is 0 Å². The van der Waals surface area contributed by atoms with Crippen LogP contribution in [0.2, 0.25) is 0 Å². The summed E-state index contributed by atoms with van der Waals surface area (Å²) < 4.78 is 10.3. The molecule has 8 nitrogen and oxygen atoms in total. The predicted molar refractivity (Wildman–Crippen MR) is 110 cm³/mol. The van der Waals surface area contributed by atoms with Crippen LogP contribution < -0.4 is 16.0 Å². The third kappa shape index (κ3) is 10.8. The molecule has 1 rings (SSSR count). The van der Waals surface area contributed by atoms with Gasteiger partial charge in [-0.3, -0.25) is 4.99 Å². The first kappa shape index (κ1) is 23.4. The second-order valence-electron chi connectivity index (χ2n) is 4.82. The summed E-state index contributed by atoms with van der Waals surface area (Å²) in [6.07, 6.45) is 2.55. The molecule has 3 N–H and O–H groups in total. The highest BCUT2D eigenvalue weighted by Gasteiger charge is 2.01. The molecule has 0 aliphatic rings. The first-order chi connectivity index (χ1) is 11.8. The molecule has 25 heavy (non-hydrogen) atoms. The molecule has 0 aromatic carbocycles. The quantitative estimate of drug-likeness (QED) is 0.197. The maximum absolute atomic E-state index is 9.00. The van der Waals surface area contributed by atoms with Crippen LogP contribution in [0.15, 0.2) is 23.3 Å². The number of guanidine groups is 1. The molecule has 0 aliphatic carbocycles. The lowest BCUT2D eigenvalue weighted by atomic mass is 10.3. The minimum Gasteiger partial charge on any atom is -0.382 e. The number of aliphatic imine (C=N–C) groups is 1. The molecule has 0 amide bonds. The molecule has 0 saturated heterocycles. The maximum Gasteiger partial charge on any atom is 0.191 e. The summed E-state index contributed by atoms with van der Waals surface area (Å²) in [4.78, 5) is 8.30. The summed E-state index contributed by atoms with van der Waals surface area (Å²) in [6.45, 7) is 3.99. The summed E-state index contributed by atoms with van der Waals surface area (Å²) in [5.74, 6) is 1.33. The van der Waals surface area contributed by atoms with Crippen molar-refractivity contribution in [1.29, 1.82) is 5.26 Å². The lowest BCUT2D eigenvalue weighted by Crippen LogP contribution is -2.40. The minimum absolute atomic E-state index is 0. The van der Waals surface area contributed by atoms with Gasteiger partial charge in [-0.25, -0.2) is 4.98 Å². The average molecular weight is 462 g/mol. The minimum atomic E-state index is 0. The van der Waals surface area contributed by atoms with Crippen molar-refractivity contribution >= 4 is 35.8 Å². The van der Waals surface area contributed by atoms with Gasteiger partial charge in [-0.15, -0.1) is 24.0 Å². The number of aromatic nitrogens is 1. The van der Waals surface area contributed by atoms with Gasteiger partial charge >= 0.3 is 0 Å². The molecule has 0 bridgehead atoms. The van der Waals surface area contributed by atoms with Crippen LogP contribution in [0.25, 0.3) is 0 Å². The number of nitriles is 1. The second-order valence-corrected chi connectivity index (χ2v) is 4.82. The molecular weight excluding hydrogens is 435 g/mol. The number of halogens is 1. The standard InChI is InChI=1S/C16H26N6O2.HI/c1-18-16(21-7-4-10-24-12-11-23-2)22-9-8-20-15-14(13-17)5-3-6-19-15;/h3,5-6H,4,7-12H2,1-2H3,(H,19,20)(H2,18,21,22);1H. The van der Waals surface area contributed by atoms with Gasteiger partial charge in [0, 0.05) is 46.6 Å². The molecule has 0 atom stereocenters. The maximum atomic E-state index is 9.00. The lowest BCUT2D eigenvalue weighted by Gasteiger charge is -2.13. The second kappa shape index (κ2) is 15.9. The fourth-order valence-electron chi connectivity index (χ4n) is 1.84. The Hall–Kier alpha value is -1.64. The van der Waals surface area contributed by atoms with E-state index in [9.17, 15) is 0 Å². The van der Waals surface area contributed by atoms with Gasteiger partial charge in [0.1, 0.15) is 11.9 Å². The molecule has 0 unspecified atom stereocenters. The number of hydrogen-bond donors (Lipinski definition) is 3. The van der Waals surface area contributed by atoms with Gasteiger partial charge in [0.05, 0.1) is 18.8 Å². The van der Waals surface area contributed by atoms with E-state index in [-0.39, 0.29) is 24.0 Å². The van der Waals surface area contributed by atoms with Crippen LogP contribution >= 0.6 is 24.0 Å².